The molecule has 3 heteroatoms. The van der Waals surface area contributed by atoms with Crippen LogP contribution in [0.1, 0.15) is 50.7 Å². The molecule has 3 aromatic carbocycles. The van der Waals surface area contributed by atoms with E-state index < -0.39 is 0 Å². The van der Waals surface area contributed by atoms with Gasteiger partial charge in [0, 0.05) is 27.1 Å². The molecule has 2 nitrogen and oxygen atoms in total. The van der Waals surface area contributed by atoms with Crippen molar-refractivity contribution in [2.45, 2.75) is 39.5 Å². The van der Waals surface area contributed by atoms with E-state index >= 15 is 0 Å². The van der Waals surface area contributed by atoms with Crippen molar-refractivity contribution in [1.82, 2.24) is 4.98 Å². The first kappa shape index (κ1) is 18.8. The highest BCUT2D eigenvalue weighted by Gasteiger charge is 2.19. The highest BCUT2D eigenvalue weighted by Crippen LogP contribution is 2.40. The standard InChI is InChI=1S/C27H24FNO/c1-15(2)17-9-10-20-21(11-17)24(28)14-29-26(20)23-13-18(16(3)4)12-22-19-7-5-6-8-25(19)30-27(22)23/h5-16H,1-4H3. The minimum Gasteiger partial charge on any atom is -0.455 e. The zero-order chi connectivity index (χ0) is 21.0. The zero-order valence-electron chi connectivity index (χ0n) is 17.7. The Morgan fingerprint density at radius 2 is 1.50 bits per heavy atom. The molecule has 2 aromatic heterocycles. The number of furan rings is 1. The van der Waals surface area contributed by atoms with Crippen LogP contribution in [0.3, 0.4) is 0 Å². The van der Waals surface area contributed by atoms with Gasteiger partial charge in [-0.15, -0.1) is 0 Å². The Labute approximate surface area is 175 Å². The fourth-order valence-corrected chi connectivity index (χ4v) is 4.16. The Hall–Kier alpha value is -3.20. The predicted molar refractivity (Wildman–Crippen MR) is 123 cm³/mol. The van der Waals surface area contributed by atoms with Crippen LogP contribution in [-0.2, 0) is 0 Å². The quantitative estimate of drug-likeness (QED) is 0.307. The Morgan fingerprint density at radius 1 is 0.767 bits per heavy atom. The van der Waals surface area contributed by atoms with Crippen LogP contribution in [-0.4, -0.2) is 4.98 Å². The second kappa shape index (κ2) is 6.94. The number of fused-ring (bicyclic) bond motifs is 4. The number of hydrogen-bond donors (Lipinski definition) is 0. The SMILES string of the molecule is CC(C)c1ccc2c(-c3cc(C(C)C)cc4c3oc3ccccc34)ncc(F)c2c1. The van der Waals surface area contributed by atoms with E-state index in [-0.39, 0.29) is 5.82 Å². The van der Waals surface area contributed by atoms with Crippen LogP contribution in [0.5, 0.6) is 0 Å². The molecule has 5 aromatic rings. The molecule has 30 heavy (non-hydrogen) atoms. The molecule has 0 spiro atoms. The van der Waals surface area contributed by atoms with E-state index in [9.17, 15) is 4.39 Å². The van der Waals surface area contributed by atoms with Gasteiger partial charge in [-0.05, 0) is 47.2 Å². The second-order valence-electron chi connectivity index (χ2n) is 8.61. The molecule has 0 amide bonds. The minimum absolute atomic E-state index is 0.294. The number of pyridine rings is 1. The highest BCUT2D eigenvalue weighted by atomic mass is 19.1. The van der Waals surface area contributed by atoms with Crippen LogP contribution >= 0.6 is 0 Å². The van der Waals surface area contributed by atoms with Crippen LogP contribution in [0, 0.1) is 5.82 Å². The van der Waals surface area contributed by atoms with Crippen molar-refractivity contribution in [3.05, 3.63) is 77.7 Å². The lowest BCUT2D eigenvalue weighted by Crippen LogP contribution is -1.95. The summed E-state index contributed by atoms with van der Waals surface area (Å²) < 4.78 is 21.0. The number of aromatic nitrogens is 1. The molecule has 0 aliphatic carbocycles. The molecule has 0 N–H and O–H groups in total. The van der Waals surface area contributed by atoms with E-state index in [1.807, 2.05) is 30.3 Å². The number of benzene rings is 3. The van der Waals surface area contributed by atoms with E-state index in [0.29, 0.717) is 17.2 Å². The lowest BCUT2D eigenvalue weighted by atomic mass is 9.93. The first-order valence-electron chi connectivity index (χ1n) is 10.5. The number of hydrogen-bond acceptors (Lipinski definition) is 2. The average molecular weight is 397 g/mol. The normalized spacial score (nSPS) is 12.1. The topological polar surface area (TPSA) is 26.0 Å². The molecule has 0 fully saturated rings. The fourth-order valence-electron chi connectivity index (χ4n) is 4.16. The van der Waals surface area contributed by atoms with Crippen LogP contribution in [0.4, 0.5) is 4.39 Å². The van der Waals surface area contributed by atoms with Gasteiger partial charge >= 0.3 is 0 Å². The van der Waals surface area contributed by atoms with Crippen molar-refractivity contribution in [2.24, 2.45) is 0 Å². The van der Waals surface area contributed by atoms with Gasteiger partial charge in [-0.1, -0.05) is 58.0 Å². The Bertz CT molecular complexity index is 1410. The molecule has 0 unspecified atom stereocenters. The van der Waals surface area contributed by atoms with Crippen molar-refractivity contribution >= 4 is 32.7 Å². The average Bonchev–Trinajstić information content (AvgIpc) is 3.12. The van der Waals surface area contributed by atoms with Gasteiger partial charge in [0.05, 0.1) is 11.9 Å². The summed E-state index contributed by atoms with van der Waals surface area (Å²) in [7, 11) is 0. The van der Waals surface area contributed by atoms with Gasteiger partial charge in [-0.2, -0.15) is 0 Å². The fraction of sp³-hybridized carbons (Fsp3) is 0.222. The number of halogens is 1. The maximum Gasteiger partial charge on any atom is 0.149 e. The summed E-state index contributed by atoms with van der Waals surface area (Å²) in [5.41, 5.74) is 5.64. The first-order chi connectivity index (χ1) is 14.4. The molecule has 150 valence electrons. The lowest BCUT2D eigenvalue weighted by molar-refractivity contribution is 0.634. The maximum absolute atomic E-state index is 14.7. The monoisotopic (exact) mass is 397 g/mol. The summed E-state index contributed by atoms with van der Waals surface area (Å²) in [5, 5.41) is 3.57. The Kier molecular flexibility index (Phi) is 4.35. The van der Waals surface area contributed by atoms with E-state index in [2.05, 4.69) is 56.9 Å². The molecule has 0 aliphatic heterocycles. The van der Waals surface area contributed by atoms with E-state index in [4.69, 9.17) is 4.42 Å². The van der Waals surface area contributed by atoms with Crippen LogP contribution in [0.25, 0.3) is 44.0 Å². The third kappa shape index (κ3) is 2.88. The van der Waals surface area contributed by atoms with Crippen LogP contribution in [0.2, 0.25) is 0 Å². The summed E-state index contributed by atoms with van der Waals surface area (Å²) in [6.45, 7) is 8.59. The molecule has 5 rings (SSSR count). The molecular weight excluding hydrogens is 373 g/mol. The van der Waals surface area contributed by atoms with E-state index in [0.717, 1.165) is 44.1 Å². The van der Waals surface area contributed by atoms with Gasteiger partial charge in [-0.25, -0.2) is 4.39 Å². The Morgan fingerprint density at radius 3 is 2.27 bits per heavy atom. The minimum atomic E-state index is -0.294. The van der Waals surface area contributed by atoms with Gasteiger partial charge in [-0.3, -0.25) is 4.98 Å². The summed E-state index contributed by atoms with van der Waals surface area (Å²) in [4.78, 5) is 4.54. The summed E-state index contributed by atoms with van der Waals surface area (Å²) in [6, 6.07) is 18.4. The number of nitrogens with zero attached hydrogens (tertiary/aromatic N) is 1. The molecule has 0 bridgehead atoms. The van der Waals surface area contributed by atoms with Crippen molar-refractivity contribution in [1.29, 1.82) is 0 Å². The van der Waals surface area contributed by atoms with Gasteiger partial charge in [0.1, 0.15) is 17.0 Å². The van der Waals surface area contributed by atoms with Crippen LogP contribution < -0.4 is 0 Å². The van der Waals surface area contributed by atoms with E-state index in [1.165, 1.54) is 11.8 Å². The summed E-state index contributed by atoms with van der Waals surface area (Å²) >= 11 is 0. The maximum atomic E-state index is 14.7. The second-order valence-corrected chi connectivity index (χ2v) is 8.61. The van der Waals surface area contributed by atoms with Gasteiger partial charge < -0.3 is 4.42 Å². The van der Waals surface area contributed by atoms with Gasteiger partial charge in [0.2, 0.25) is 0 Å². The molecular formula is C27H24FNO. The van der Waals surface area contributed by atoms with Crippen molar-refractivity contribution in [3.8, 4) is 11.3 Å². The Balaban J connectivity index is 1.89. The van der Waals surface area contributed by atoms with Crippen molar-refractivity contribution in [2.75, 3.05) is 0 Å². The number of rotatable bonds is 3. The lowest BCUT2D eigenvalue weighted by Gasteiger charge is -2.13. The van der Waals surface area contributed by atoms with Crippen molar-refractivity contribution in [3.63, 3.8) is 0 Å². The third-order valence-electron chi connectivity index (χ3n) is 5.95. The smallest absolute Gasteiger partial charge is 0.149 e. The summed E-state index contributed by atoms with van der Waals surface area (Å²) in [5.74, 6) is 0.384. The molecule has 0 saturated heterocycles. The first-order valence-corrected chi connectivity index (χ1v) is 10.5. The van der Waals surface area contributed by atoms with Crippen LogP contribution in [0.15, 0.2) is 65.2 Å². The third-order valence-corrected chi connectivity index (χ3v) is 5.95. The molecule has 0 aliphatic rings. The van der Waals surface area contributed by atoms with Crippen molar-refractivity contribution < 1.29 is 8.81 Å². The molecule has 2 heterocycles. The zero-order valence-corrected chi connectivity index (χ0v) is 17.7. The predicted octanol–water partition coefficient (Wildman–Crippen LogP) is 8.19. The molecule has 0 saturated carbocycles. The van der Waals surface area contributed by atoms with E-state index in [1.54, 1.807) is 0 Å². The highest BCUT2D eigenvalue weighted by molar-refractivity contribution is 6.12. The van der Waals surface area contributed by atoms with Gasteiger partial charge in [0.25, 0.3) is 0 Å². The van der Waals surface area contributed by atoms with Gasteiger partial charge in [0.15, 0.2) is 0 Å². The number of para-hydroxylation sites is 1. The molecule has 0 atom stereocenters. The summed E-state index contributed by atoms with van der Waals surface area (Å²) in [6.07, 6.45) is 1.33. The molecule has 0 radical (unpaired) electrons. The largest absolute Gasteiger partial charge is 0.455 e.